The molecule has 0 saturated carbocycles. The molecular formula is C84H68N2. The van der Waals surface area contributed by atoms with E-state index >= 15 is 0 Å². The number of fused-ring (bicyclic) bond motifs is 8. The first-order valence-corrected chi connectivity index (χ1v) is 30.6. The Balaban J connectivity index is 0.770. The molecule has 0 aliphatic carbocycles. The maximum atomic E-state index is 2.61. The molecule has 0 atom stereocenters. The number of hydrogen-bond acceptors (Lipinski definition) is 2. The minimum Gasteiger partial charge on any atom is -0.309 e. The summed E-state index contributed by atoms with van der Waals surface area (Å²) in [5.41, 5.74) is 34.4. The zero-order valence-corrected chi connectivity index (χ0v) is 50.3. The summed E-state index contributed by atoms with van der Waals surface area (Å²) in [5.74, 6) is 0. The summed E-state index contributed by atoms with van der Waals surface area (Å²) in [4.78, 5) is 5.22. The molecule has 86 heavy (non-hydrogen) atoms. The number of rotatable bonds is 7. The Hall–Kier alpha value is -9.76. The van der Waals surface area contributed by atoms with E-state index in [9.17, 15) is 0 Å². The van der Waals surface area contributed by atoms with Gasteiger partial charge in [0, 0.05) is 21.7 Å². The van der Waals surface area contributed by atoms with Gasteiger partial charge in [-0.15, -0.1) is 0 Å². The topological polar surface area (TPSA) is 6.48 Å². The van der Waals surface area contributed by atoms with Crippen LogP contribution in [0.25, 0.3) is 77.9 Å². The van der Waals surface area contributed by atoms with E-state index in [1.54, 1.807) is 0 Å². The fourth-order valence-corrected chi connectivity index (χ4v) is 15.2. The second kappa shape index (κ2) is 18.9. The van der Waals surface area contributed by atoms with Crippen molar-refractivity contribution in [2.75, 3.05) is 9.80 Å². The van der Waals surface area contributed by atoms with E-state index < -0.39 is 0 Å². The molecule has 12 aromatic rings. The van der Waals surface area contributed by atoms with Gasteiger partial charge in [0.2, 0.25) is 0 Å². The third-order valence-electron chi connectivity index (χ3n) is 20.2. The van der Waals surface area contributed by atoms with Gasteiger partial charge in [-0.1, -0.05) is 274 Å². The molecule has 2 nitrogen and oxygen atoms in total. The quantitative estimate of drug-likeness (QED) is 0.157. The summed E-state index contributed by atoms with van der Waals surface area (Å²) in [6.45, 7) is 19.4. The fraction of sp³-hybridized carbons (Fsp3) is 0.143. The van der Waals surface area contributed by atoms with E-state index in [4.69, 9.17) is 0 Å². The third-order valence-corrected chi connectivity index (χ3v) is 20.2. The molecule has 4 heterocycles. The average molecular weight is 1110 g/mol. The van der Waals surface area contributed by atoms with Crippen molar-refractivity contribution in [3.63, 3.8) is 0 Å². The van der Waals surface area contributed by atoms with Crippen LogP contribution < -0.4 is 9.80 Å². The zero-order chi connectivity index (χ0) is 58.4. The first-order valence-electron chi connectivity index (χ1n) is 30.6. The summed E-state index contributed by atoms with van der Waals surface area (Å²) < 4.78 is 0. The highest BCUT2D eigenvalue weighted by molar-refractivity contribution is 5.99. The second-order valence-corrected chi connectivity index (χ2v) is 26.6. The van der Waals surface area contributed by atoms with Gasteiger partial charge in [0.05, 0.1) is 34.1 Å². The number of nitrogens with zero attached hydrogens (tertiary/aromatic N) is 2. The van der Waals surface area contributed by atoms with Crippen molar-refractivity contribution in [1.29, 1.82) is 0 Å². The number of hydrogen-bond donors (Lipinski definition) is 0. The van der Waals surface area contributed by atoms with Crippen molar-refractivity contribution in [3.05, 3.63) is 311 Å². The molecule has 0 fully saturated rings. The minimum atomic E-state index is -0.276. The van der Waals surface area contributed by atoms with E-state index in [0.29, 0.717) is 0 Å². The van der Waals surface area contributed by atoms with Crippen LogP contribution in [-0.4, -0.2) is 0 Å². The molecule has 0 aromatic heterocycles. The molecule has 0 bridgehead atoms. The lowest BCUT2D eigenvalue weighted by Gasteiger charge is -2.50. The van der Waals surface area contributed by atoms with Gasteiger partial charge in [0.25, 0.3) is 0 Å². The highest BCUT2D eigenvalue weighted by Crippen LogP contribution is 2.64. The van der Waals surface area contributed by atoms with Crippen molar-refractivity contribution in [2.45, 2.75) is 77.0 Å². The maximum Gasteiger partial charge on any atom is 0.0544 e. The SMILES string of the molecule is CC1(C)c2ccc(-c3ccccc3)cc2N2c3cc(-c4ccccc4)ccc3C(C)(C)c3cc(-c4ccc(-c5ccc(-c6cc7c8c(c6)C(C)(C)c6ccc(-c9ccccc9)cc6N8c6cc(-c8ccccc8)ccc6C7(C)C)cc5)cc4)cc1c32. The van der Waals surface area contributed by atoms with E-state index in [1.807, 2.05) is 0 Å². The number of benzene rings is 12. The normalized spacial score (nSPS) is 15.5. The predicted octanol–water partition coefficient (Wildman–Crippen LogP) is 22.9. The van der Waals surface area contributed by atoms with Crippen LogP contribution in [0, 0.1) is 0 Å². The second-order valence-electron chi connectivity index (χ2n) is 26.6. The van der Waals surface area contributed by atoms with Crippen LogP contribution >= 0.6 is 0 Å². The van der Waals surface area contributed by atoms with Gasteiger partial charge < -0.3 is 9.80 Å². The lowest BCUT2D eigenvalue weighted by atomic mass is 9.65. The molecule has 0 N–H and O–H groups in total. The highest BCUT2D eigenvalue weighted by Gasteiger charge is 2.48. The van der Waals surface area contributed by atoms with Crippen LogP contribution in [0.4, 0.5) is 34.1 Å². The standard InChI is InChI=1S/C84H68N2/c1-81(2)67-41-37-61(53-21-13-9-14-22-53)49-75(67)85-76-50-62(54-23-15-10-16-24-54)38-42-68(76)82(3,4)72-46-65(45-71(81)79(72)85)59-33-29-57(30-34-59)58-31-35-60(36-32-58)66-47-73-80-74(48-66)84(7,8)70-44-40-64(56-27-19-12-20-28-56)52-78(70)86(80)77-51-63(55-25-17-11-18-26-55)39-43-69(77)83(73,5)6/h9-52H,1-8H3. The van der Waals surface area contributed by atoms with Crippen molar-refractivity contribution < 1.29 is 0 Å². The lowest BCUT2D eigenvalue weighted by molar-refractivity contribution is 0.597. The molecule has 4 aliphatic heterocycles. The van der Waals surface area contributed by atoms with Crippen LogP contribution in [0.3, 0.4) is 0 Å². The van der Waals surface area contributed by atoms with Crippen LogP contribution in [0.1, 0.15) is 99.9 Å². The van der Waals surface area contributed by atoms with Crippen molar-refractivity contribution >= 4 is 34.1 Å². The van der Waals surface area contributed by atoms with Crippen molar-refractivity contribution in [1.82, 2.24) is 0 Å². The molecule has 2 heteroatoms. The predicted molar refractivity (Wildman–Crippen MR) is 362 cm³/mol. The van der Waals surface area contributed by atoms with Crippen molar-refractivity contribution in [3.8, 4) is 77.9 Å². The summed E-state index contributed by atoms with van der Waals surface area (Å²) in [7, 11) is 0. The fourth-order valence-electron chi connectivity index (χ4n) is 15.2. The molecule has 0 unspecified atom stereocenters. The van der Waals surface area contributed by atoms with E-state index in [0.717, 1.165) is 0 Å². The summed E-state index contributed by atoms with van der Waals surface area (Å²) in [6, 6.07) is 101. The maximum absolute atomic E-state index is 2.61. The Morgan fingerprint density at radius 3 is 0.581 bits per heavy atom. The Labute approximate surface area is 507 Å². The average Bonchev–Trinajstić information content (AvgIpc) is 0.703. The molecule has 4 aliphatic rings. The Morgan fingerprint density at radius 1 is 0.174 bits per heavy atom. The van der Waals surface area contributed by atoms with E-state index in [-0.39, 0.29) is 21.7 Å². The summed E-state index contributed by atoms with van der Waals surface area (Å²) in [5, 5.41) is 0. The summed E-state index contributed by atoms with van der Waals surface area (Å²) in [6.07, 6.45) is 0. The Bertz CT molecular complexity index is 4150. The summed E-state index contributed by atoms with van der Waals surface area (Å²) >= 11 is 0. The van der Waals surface area contributed by atoms with E-state index in [2.05, 4.69) is 332 Å². The zero-order valence-electron chi connectivity index (χ0n) is 50.3. The van der Waals surface area contributed by atoms with Gasteiger partial charge in [0.1, 0.15) is 0 Å². The molecular weight excluding hydrogens is 1040 g/mol. The van der Waals surface area contributed by atoms with Gasteiger partial charge in [-0.2, -0.15) is 0 Å². The monoisotopic (exact) mass is 1100 g/mol. The molecule has 0 radical (unpaired) electrons. The van der Waals surface area contributed by atoms with Crippen molar-refractivity contribution in [2.24, 2.45) is 0 Å². The van der Waals surface area contributed by atoms with Crippen LogP contribution in [0.15, 0.2) is 267 Å². The smallest absolute Gasteiger partial charge is 0.0544 e. The van der Waals surface area contributed by atoms with Gasteiger partial charge >= 0.3 is 0 Å². The first-order chi connectivity index (χ1) is 41.6. The van der Waals surface area contributed by atoms with Crippen LogP contribution in [0.5, 0.6) is 0 Å². The molecule has 0 spiro atoms. The Morgan fingerprint density at radius 2 is 0.360 bits per heavy atom. The molecule has 414 valence electrons. The van der Waals surface area contributed by atoms with Gasteiger partial charge in [-0.25, -0.2) is 0 Å². The van der Waals surface area contributed by atoms with E-state index in [1.165, 1.54) is 157 Å². The van der Waals surface area contributed by atoms with Gasteiger partial charge in [-0.3, -0.25) is 0 Å². The first kappa shape index (κ1) is 51.8. The van der Waals surface area contributed by atoms with Gasteiger partial charge in [0.15, 0.2) is 0 Å². The van der Waals surface area contributed by atoms with Crippen LogP contribution in [-0.2, 0) is 21.7 Å². The third kappa shape index (κ3) is 7.78. The molecule has 12 aromatic carbocycles. The molecule has 16 rings (SSSR count). The number of anilines is 6. The Kier molecular flexibility index (Phi) is 11.4. The lowest BCUT2D eigenvalue weighted by Crippen LogP contribution is -2.38. The van der Waals surface area contributed by atoms with Crippen LogP contribution in [0.2, 0.25) is 0 Å². The minimum absolute atomic E-state index is 0.276. The molecule has 0 amide bonds. The largest absolute Gasteiger partial charge is 0.309 e. The highest BCUT2D eigenvalue weighted by atomic mass is 15.2. The van der Waals surface area contributed by atoms with Gasteiger partial charge in [-0.05, 0) is 171 Å². The molecule has 0 saturated heterocycles.